The van der Waals surface area contributed by atoms with Gasteiger partial charge in [-0.3, -0.25) is 0 Å². The van der Waals surface area contributed by atoms with Gasteiger partial charge in [0, 0.05) is 12.1 Å². The minimum Gasteiger partial charge on any atom is -0.226 e. The van der Waals surface area contributed by atoms with E-state index in [2.05, 4.69) is 62.4 Å². The van der Waals surface area contributed by atoms with Crippen LogP contribution in [0.2, 0.25) is 0 Å². The topological polar surface area (TPSA) is 14.1 Å². The standard InChI is InChI=1S/C16H18N/c1-13(15-9-5-3-6-10-15)17-14(2)16-11-7-4-8-12-16/h3-14H,1-2H3. The summed E-state index contributed by atoms with van der Waals surface area (Å²) in [6.07, 6.45) is 0. The second-order valence-corrected chi connectivity index (χ2v) is 4.32. The molecule has 1 heteroatoms. The number of rotatable bonds is 4. The van der Waals surface area contributed by atoms with Gasteiger partial charge in [-0.25, -0.2) is 5.32 Å². The van der Waals surface area contributed by atoms with Crippen LogP contribution in [0.15, 0.2) is 60.7 Å². The summed E-state index contributed by atoms with van der Waals surface area (Å²) in [5, 5.41) is 4.82. The second kappa shape index (κ2) is 5.65. The lowest BCUT2D eigenvalue weighted by atomic mass is 10.0. The zero-order chi connectivity index (χ0) is 12.1. The van der Waals surface area contributed by atoms with Crippen molar-refractivity contribution in [2.24, 2.45) is 0 Å². The van der Waals surface area contributed by atoms with Crippen LogP contribution in [0.5, 0.6) is 0 Å². The maximum Gasteiger partial charge on any atom is 0.0474 e. The van der Waals surface area contributed by atoms with Gasteiger partial charge < -0.3 is 0 Å². The molecular weight excluding hydrogens is 206 g/mol. The first kappa shape index (κ1) is 11.9. The SMILES string of the molecule is CC([N]C(C)c1ccccc1)c1ccccc1. The van der Waals surface area contributed by atoms with Gasteiger partial charge in [0.25, 0.3) is 0 Å². The van der Waals surface area contributed by atoms with E-state index in [9.17, 15) is 0 Å². The highest BCUT2D eigenvalue weighted by atomic mass is 14.9. The Morgan fingerprint density at radius 3 is 1.35 bits per heavy atom. The molecule has 0 N–H and O–H groups in total. The molecular formula is C16H18N. The quantitative estimate of drug-likeness (QED) is 0.742. The molecule has 0 bridgehead atoms. The highest BCUT2D eigenvalue weighted by molar-refractivity contribution is 5.21. The average molecular weight is 224 g/mol. The third-order valence-electron chi connectivity index (χ3n) is 3.01. The van der Waals surface area contributed by atoms with E-state index in [0.29, 0.717) is 0 Å². The molecule has 0 saturated heterocycles. The van der Waals surface area contributed by atoms with Crippen LogP contribution < -0.4 is 5.32 Å². The molecule has 0 aliphatic heterocycles. The molecule has 0 aromatic heterocycles. The van der Waals surface area contributed by atoms with E-state index in [0.717, 1.165) is 0 Å². The summed E-state index contributed by atoms with van der Waals surface area (Å²) in [4.78, 5) is 0. The molecule has 2 unspecified atom stereocenters. The van der Waals surface area contributed by atoms with Gasteiger partial charge in [-0.15, -0.1) is 0 Å². The van der Waals surface area contributed by atoms with E-state index in [-0.39, 0.29) is 12.1 Å². The molecule has 0 heterocycles. The summed E-state index contributed by atoms with van der Waals surface area (Å²) in [5.74, 6) is 0. The molecule has 0 amide bonds. The van der Waals surface area contributed by atoms with Crippen LogP contribution in [0, 0.1) is 0 Å². The Labute approximate surface area is 103 Å². The highest BCUT2D eigenvalue weighted by Crippen LogP contribution is 2.20. The van der Waals surface area contributed by atoms with Crippen LogP contribution in [-0.4, -0.2) is 0 Å². The number of benzene rings is 2. The van der Waals surface area contributed by atoms with E-state index >= 15 is 0 Å². The molecule has 17 heavy (non-hydrogen) atoms. The highest BCUT2D eigenvalue weighted by Gasteiger charge is 2.11. The van der Waals surface area contributed by atoms with Crippen LogP contribution >= 0.6 is 0 Å². The first-order valence-electron chi connectivity index (χ1n) is 6.07. The Balaban J connectivity index is 2.02. The summed E-state index contributed by atoms with van der Waals surface area (Å²) in [6, 6.07) is 21.3. The van der Waals surface area contributed by atoms with Crippen molar-refractivity contribution in [1.82, 2.24) is 5.32 Å². The smallest absolute Gasteiger partial charge is 0.0474 e. The normalized spacial score (nSPS) is 14.2. The molecule has 2 aromatic carbocycles. The van der Waals surface area contributed by atoms with E-state index in [1.165, 1.54) is 11.1 Å². The Bertz CT molecular complexity index is 392. The van der Waals surface area contributed by atoms with E-state index in [4.69, 9.17) is 5.32 Å². The molecule has 1 nitrogen and oxygen atoms in total. The number of hydrogen-bond donors (Lipinski definition) is 0. The van der Waals surface area contributed by atoms with Crippen molar-refractivity contribution in [3.05, 3.63) is 71.8 Å². The fourth-order valence-corrected chi connectivity index (χ4v) is 1.97. The van der Waals surface area contributed by atoms with E-state index < -0.39 is 0 Å². The van der Waals surface area contributed by atoms with Crippen LogP contribution in [0.1, 0.15) is 37.1 Å². The molecule has 0 aliphatic rings. The van der Waals surface area contributed by atoms with E-state index in [1.54, 1.807) is 0 Å². The fourth-order valence-electron chi connectivity index (χ4n) is 1.97. The lowest BCUT2D eigenvalue weighted by Gasteiger charge is -2.18. The molecule has 0 aliphatic carbocycles. The summed E-state index contributed by atoms with van der Waals surface area (Å²) in [6.45, 7) is 4.30. The van der Waals surface area contributed by atoms with E-state index in [1.807, 2.05) is 12.1 Å². The van der Waals surface area contributed by atoms with Gasteiger partial charge in [-0.2, -0.15) is 0 Å². The second-order valence-electron chi connectivity index (χ2n) is 4.32. The molecule has 2 rings (SSSR count). The summed E-state index contributed by atoms with van der Waals surface area (Å²) >= 11 is 0. The van der Waals surface area contributed by atoms with Crippen molar-refractivity contribution < 1.29 is 0 Å². The molecule has 2 aromatic rings. The van der Waals surface area contributed by atoms with Crippen LogP contribution in [0.3, 0.4) is 0 Å². The van der Waals surface area contributed by atoms with Crippen molar-refractivity contribution >= 4 is 0 Å². The molecule has 87 valence electrons. The Hall–Kier alpha value is -1.60. The third kappa shape index (κ3) is 3.18. The van der Waals surface area contributed by atoms with Gasteiger partial charge in [0.1, 0.15) is 0 Å². The van der Waals surface area contributed by atoms with Gasteiger partial charge in [-0.05, 0) is 25.0 Å². The maximum absolute atomic E-state index is 4.82. The minimum atomic E-state index is 0.242. The zero-order valence-corrected chi connectivity index (χ0v) is 10.4. The van der Waals surface area contributed by atoms with Gasteiger partial charge in [0.05, 0.1) is 0 Å². The molecule has 2 atom stereocenters. The Morgan fingerprint density at radius 2 is 1.00 bits per heavy atom. The van der Waals surface area contributed by atoms with Crippen molar-refractivity contribution in [1.29, 1.82) is 0 Å². The van der Waals surface area contributed by atoms with Crippen molar-refractivity contribution in [3.8, 4) is 0 Å². The third-order valence-corrected chi connectivity index (χ3v) is 3.01. The molecule has 0 fully saturated rings. The van der Waals surface area contributed by atoms with Crippen LogP contribution in [-0.2, 0) is 0 Å². The largest absolute Gasteiger partial charge is 0.226 e. The number of hydrogen-bond acceptors (Lipinski definition) is 0. The predicted octanol–water partition coefficient (Wildman–Crippen LogP) is 4.11. The van der Waals surface area contributed by atoms with Gasteiger partial charge in [0.15, 0.2) is 0 Å². The zero-order valence-electron chi connectivity index (χ0n) is 10.4. The van der Waals surface area contributed by atoms with Crippen LogP contribution in [0.4, 0.5) is 0 Å². The Morgan fingerprint density at radius 1 is 0.647 bits per heavy atom. The predicted molar refractivity (Wildman–Crippen MR) is 71.8 cm³/mol. The lowest BCUT2D eigenvalue weighted by Crippen LogP contribution is -2.15. The monoisotopic (exact) mass is 224 g/mol. The van der Waals surface area contributed by atoms with Gasteiger partial charge in [-0.1, -0.05) is 60.7 Å². The number of nitrogens with zero attached hydrogens (tertiary/aromatic N) is 1. The lowest BCUT2D eigenvalue weighted by molar-refractivity contribution is 0.482. The van der Waals surface area contributed by atoms with Crippen LogP contribution in [0.25, 0.3) is 0 Å². The van der Waals surface area contributed by atoms with Crippen molar-refractivity contribution in [3.63, 3.8) is 0 Å². The average Bonchev–Trinajstić information content (AvgIpc) is 2.40. The van der Waals surface area contributed by atoms with Gasteiger partial charge in [0.2, 0.25) is 0 Å². The fraction of sp³-hybridized carbons (Fsp3) is 0.250. The molecule has 1 radical (unpaired) electrons. The maximum atomic E-state index is 4.82. The van der Waals surface area contributed by atoms with Crippen molar-refractivity contribution in [2.45, 2.75) is 25.9 Å². The minimum absolute atomic E-state index is 0.242. The van der Waals surface area contributed by atoms with Gasteiger partial charge >= 0.3 is 0 Å². The molecule has 0 saturated carbocycles. The molecule has 0 spiro atoms. The van der Waals surface area contributed by atoms with Crippen molar-refractivity contribution in [2.75, 3.05) is 0 Å². The Kier molecular flexibility index (Phi) is 3.94. The first-order valence-corrected chi connectivity index (χ1v) is 6.07. The summed E-state index contributed by atoms with van der Waals surface area (Å²) < 4.78 is 0. The first-order chi connectivity index (χ1) is 8.27. The summed E-state index contributed by atoms with van der Waals surface area (Å²) in [5.41, 5.74) is 2.55. The summed E-state index contributed by atoms with van der Waals surface area (Å²) in [7, 11) is 0.